The van der Waals surface area contributed by atoms with Gasteiger partial charge in [-0.2, -0.15) is 0 Å². The Bertz CT molecular complexity index is 1040. The number of amides is 1. The Balaban J connectivity index is 2.16. The topological polar surface area (TPSA) is 66.7 Å². The van der Waals surface area contributed by atoms with Crippen LogP contribution in [0, 0.1) is 12.8 Å². The fourth-order valence-corrected chi connectivity index (χ4v) is 4.39. The van der Waals surface area contributed by atoms with E-state index in [2.05, 4.69) is 24.1 Å². The van der Waals surface area contributed by atoms with Gasteiger partial charge in [-0.25, -0.2) is 4.98 Å². The number of thioether (sulfide) groups is 1. The maximum atomic E-state index is 13.2. The van der Waals surface area contributed by atoms with Crippen molar-refractivity contribution in [3.8, 4) is 0 Å². The van der Waals surface area contributed by atoms with Gasteiger partial charge in [-0.3, -0.25) is 18.9 Å². The van der Waals surface area contributed by atoms with Crippen LogP contribution >= 0.6 is 24.0 Å². The van der Waals surface area contributed by atoms with E-state index >= 15 is 0 Å². The molecule has 3 rings (SSSR count). The number of hydrogen-bond donors (Lipinski definition) is 1. The minimum Gasteiger partial charge on any atom is -0.369 e. The lowest BCUT2D eigenvalue weighted by Crippen LogP contribution is -2.34. The molecule has 148 valence electrons. The Kier molecular flexibility index (Phi) is 5.90. The second-order valence-electron chi connectivity index (χ2n) is 7.53. The first-order valence-electron chi connectivity index (χ1n) is 9.23. The molecule has 6 nitrogen and oxygen atoms in total. The second-order valence-corrected chi connectivity index (χ2v) is 9.21. The van der Waals surface area contributed by atoms with Crippen molar-refractivity contribution in [3.05, 3.63) is 44.7 Å². The van der Waals surface area contributed by atoms with Gasteiger partial charge in [0, 0.05) is 18.8 Å². The lowest BCUT2D eigenvalue weighted by Gasteiger charge is -2.18. The van der Waals surface area contributed by atoms with E-state index in [0.29, 0.717) is 38.7 Å². The Morgan fingerprint density at radius 2 is 1.96 bits per heavy atom. The first kappa shape index (κ1) is 20.5. The number of aromatic nitrogens is 2. The SMILES string of the molecule is Cc1ccc2nc(NCC(C)C)c(/C=C3/SC(=S)N(C(C)C)C3=O)c(=O)n2c1. The van der Waals surface area contributed by atoms with E-state index in [4.69, 9.17) is 12.2 Å². The molecule has 8 heteroatoms. The van der Waals surface area contributed by atoms with E-state index in [1.54, 1.807) is 17.2 Å². The zero-order valence-electron chi connectivity index (χ0n) is 16.6. The number of anilines is 1. The minimum absolute atomic E-state index is 0.0320. The summed E-state index contributed by atoms with van der Waals surface area (Å²) in [5.74, 6) is 0.691. The van der Waals surface area contributed by atoms with Gasteiger partial charge in [-0.1, -0.05) is 43.9 Å². The highest BCUT2D eigenvalue weighted by Crippen LogP contribution is 2.34. The van der Waals surface area contributed by atoms with Gasteiger partial charge in [0.15, 0.2) is 0 Å². The van der Waals surface area contributed by atoms with Crippen LogP contribution in [0.3, 0.4) is 0 Å². The molecule has 0 unspecified atom stereocenters. The number of thiocarbonyl (C=S) groups is 1. The summed E-state index contributed by atoms with van der Waals surface area (Å²) in [6, 6.07) is 3.70. The van der Waals surface area contributed by atoms with Crippen molar-refractivity contribution in [1.82, 2.24) is 14.3 Å². The number of rotatable bonds is 5. The average molecular weight is 417 g/mol. The molecule has 28 heavy (non-hydrogen) atoms. The highest BCUT2D eigenvalue weighted by molar-refractivity contribution is 8.26. The third-order valence-electron chi connectivity index (χ3n) is 4.30. The van der Waals surface area contributed by atoms with Crippen molar-refractivity contribution >= 4 is 51.7 Å². The van der Waals surface area contributed by atoms with Gasteiger partial charge < -0.3 is 5.32 Å². The lowest BCUT2D eigenvalue weighted by atomic mass is 10.2. The van der Waals surface area contributed by atoms with Gasteiger partial charge >= 0.3 is 0 Å². The van der Waals surface area contributed by atoms with Crippen LogP contribution in [0.2, 0.25) is 0 Å². The maximum absolute atomic E-state index is 13.2. The van der Waals surface area contributed by atoms with E-state index in [-0.39, 0.29) is 17.5 Å². The molecule has 1 aliphatic rings. The molecule has 0 aliphatic carbocycles. The van der Waals surface area contributed by atoms with Crippen LogP contribution in [0.5, 0.6) is 0 Å². The van der Waals surface area contributed by atoms with Crippen molar-refractivity contribution in [2.24, 2.45) is 5.92 Å². The molecule has 0 atom stereocenters. The van der Waals surface area contributed by atoms with Gasteiger partial charge in [-0.05, 0) is 44.4 Å². The minimum atomic E-state index is -0.213. The molecule has 1 amide bonds. The molecular formula is C20H24N4O2S2. The molecule has 1 saturated heterocycles. The third-order valence-corrected chi connectivity index (χ3v) is 5.63. The monoisotopic (exact) mass is 416 g/mol. The predicted molar refractivity (Wildman–Crippen MR) is 120 cm³/mol. The molecule has 2 aromatic heterocycles. The standard InChI is InChI=1S/C20H24N4O2S2/c1-11(2)9-21-17-14(8-15-19(26)24(12(3)4)20(27)28-15)18(25)23-10-13(5)6-7-16(23)22-17/h6-8,10-12,21H,9H2,1-5H3/b15-8+. The van der Waals surface area contributed by atoms with Crippen LogP contribution < -0.4 is 10.9 Å². The smallest absolute Gasteiger partial charge is 0.267 e. The van der Waals surface area contributed by atoms with Crippen LogP contribution in [0.1, 0.15) is 38.8 Å². The Labute approximate surface area is 174 Å². The highest BCUT2D eigenvalue weighted by Gasteiger charge is 2.34. The summed E-state index contributed by atoms with van der Waals surface area (Å²) < 4.78 is 2.03. The van der Waals surface area contributed by atoms with E-state index in [9.17, 15) is 9.59 Å². The van der Waals surface area contributed by atoms with Gasteiger partial charge in [0.05, 0.1) is 10.5 Å². The molecule has 2 aromatic rings. The normalized spacial score (nSPS) is 16.2. The summed E-state index contributed by atoms with van der Waals surface area (Å²) in [4.78, 5) is 32.6. The van der Waals surface area contributed by atoms with Crippen molar-refractivity contribution in [2.75, 3.05) is 11.9 Å². The Hall–Kier alpha value is -2.19. The third kappa shape index (κ3) is 3.98. The molecule has 0 radical (unpaired) electrons. The van der Waals surface area contributed by atoms with Crippen LogP contribution in [-0.4, -0.2) is 37.1 Å². The summed E-state index contributed by atoms with van der Waals surface area (Å²) in [5, 5.41) is 3.26. The number of nitrogens with one attached hydrogen (secondary N) is 1. The lowest BCUT2D eigenvalue weighted by molar-refractivity contribution is -0.123. The van der Waals surface area contributed by atoms with Crippen molar-refractivity contribution in [3.63, 3.8) is 0 Å². The molecule has 3 heterocycles. The van der Waals surface area contributed by atoms with Gasteiger partial charge in [0.2, 0.25) is 0 Å². The number of carbonyl (C=O) groups excluding carboxylic acids is 1. The number of aryl methyl sites for hydroxylation is 1. The quantitative estimate of drug-likeness (QED) is 0.592. The molecule has 0 aromatic carbocycles. The number of fused-ring (bicyclic) bond motifs is 1. The largest absolute Gasteiger partial charge is 0.369 e. The highest BCUT2D eigenvalue weighted by atomic mass is 32.2. The fourth-order valence-electron chi connectivity index (χ4n) is 2.88. The zero-order valence-corrected chi connectivity index (χ0v) is 18.3. The summed E-state index contributed by atoms with van der Waals surface area (Å²) in [5.41, 5.74) is 1.67. The van der Waals surface area contributed by atoms with Crippen molar-refractivity contribution in [2.45, 2.75) is 40.7 Å². The van der Waals surface area contributed by atoms with E-state index in [0.717, 1.165) is 5.56 Å². The van der Waals surface area contributed by atoms with Crippen LogP contribution in [0.4, 0.5) is 5.82 Å². The molecule has 0 bridgehead atoms. The number of pyridine rings is 1. The number of nitrogens with zero attached hydrogens (tertiary/aromatic N) is 3. The maximum Gasteiger partial charge on any atom is 0.267 e. The molecule has 0 saturated carbocycles. The van der Waals surface area contributed by atoms with E-state index in [1.807, 2.05) is 32.9 Å². The van der Waals surface area contributed by atoms with Crippen molar-refractivity contribution < 1.29 is 4.79 Å². The molecule has 1 N–H and O–H groups in total. The average Bonchev–Trinajstić information content (AvgIpc) is 2.90. The molecule has 1 fully saturated rings. The number of carbonyl (C=O) groups is 1. The first-order valence-corrected chi connectivity index (χ1v) is 10.5. The summed E-state index contributed by atoms with van der Waals surface area (Å²) in [7, 11) is 0. The van der Waals surface area contributed by atoms with Crippen LogP contribution in [0.15, 0.2) is 28.0 Å². The van der Waals surface area contributed by atoms with Crippen LogP contribution in [-0.2, 0) is 4.79 Å². The van der Waals surface area contributed by atoms with Gasteiger partial charge in [0.25, 0.3) is 11.5 Å². The summed E-state index contributed by atoms with van der Waals surface area (Å²) >= 11 is 6.57. The summed E-state index contributed by atoms with van der Waals surface area (Å²) in [6.07, 6.45) is 3.38. The fraction of sp³-hybridized carbons (Fsp3) is 0.400. The van der Waals surface area contributed by atoms with Crippen LogP contribution in [0.25, 0.3) is 11.7 Å². The first-order chi connectivity index (χ1) is 13.2. The van der Waals surface area contributed by atoms with Gasteiger partial charge in [0.1, 0.15) is 15.8 Å². The molecule has 1 aliphatic heterocycles. The molecular weight excluding hydrogens is 392 g/mol. The summed E-state index contributed by atoms with van der Waals surface area (Å²) in [6.45, 7) is 10.6. The Morgan fingerprint density at radius 3 is 2.57 bits per heavy atom. The van der Waals surface area contributed by atoms with Crippen molar-refractivity contribution in [1.29, 1.82) is 0 Å². The van der Waals surface area contributed by atoms with Gasteiger partial charge in [-0.15, -0.1) is 0 Å². The van der Waals surface area contributed by atoms with E-state index in [1.165, 1.54) is 16.2 Å². The Morgan fingerprint density at radius 1 is 1.25 bits per heavy atom. The predicted octanol–water partition coefficient (Wildman–Crippen LogP) is 3.68. The second kappa shape index (κ2) is 8.05. The zero-order chi connectivity index (χ0) is 20.6. The molecule has 0 spiro atoms. The van der Waals surface area contributed by atoms with E-state index < -0.39 is 0 Å². The number of hydrogen-bond acceptors (Lipinski definition) is 6.